The number of likely N-dealkylation sites (tertiary alicyclic amines) is 1. The predicted octanol–water partition coefficient (Wildman–Crippen LogP) is 4.60. The molecule has 1 saturated heterocycles. The van der Waals surface area contributed by atoms with E-state index < -0.39 is 0 Å². The van der Waals surface area contributed by atoms with Crippen LogP contribution in [0.1, 0.15) is 31.2 Å². The van der Waals surface area contributed by atoms with Gasteiger partial charge in [-0.05, 0) is 69.0 Å². The maximum atomic E-state index is 12.4. The van der Waals surface area contributed by atoms with E-state index in [9.17, 15) is 4.79 Å². The average Bonchev–Trinajstić information content (AvgIpc) is 3.32. The van der Waals surface area contributed by atoms with Crippen LogP contribution < -0.4 is 10.1 Å². The lowest BCUT2D eigenvalue weighted by molar-refractivity contribution is 0.114. The summed E-state index contributed by atoms with van der Waals surface area (Å²) in [5, 5.41) is 2.97. The largest absolute Gasteiger partial charge is 0.490 e. The Hall–Kier alpha value is -3.12. The first-order valence-electron chi connectivity index (χ1n) is 11.5. The summed E-state index contributed by atoms with van der Waals surface area (Å²) in [5.41, 5.74) is 3.08. The third-order valence-corrected chi connectivity index (χ3v) is 5.95. The highest BCUT2D eigenvalue weighted by atomic mass is 16.5. The summed E-state index contributed by atoms with van der Waals surface area (Å²) in [6, 6.07) is 18.2. The van der Waals surface area contributed by atoms with Gasteiger partial charge < -0.3 is 15.0 Å². The number of hydrogen-bond acceptors (Lipinski definition) is 4. The Morgan fingerprint density at radius 2 is 1.81 bits per heavy atom. The minimum absolute atomic E-state index is 0.148. The molecule has 3 aromatic rings. The van der Waals surface area contributed by atoms with E-state index in [1.165, 1.54) is 10.1 Å². The number of piperidine rings is 1. The minimum Gasteiger partial charge on any atom is -0.490 e. The fourth-order valence-electron chi connectivity index (χ4n) is 3.97. The molecule has 6 nitrogen and oxygen atoms in total. The lowest BCUT2D eigenvalue weighted by Crippen LogP contribution is -2.35. The Morgan fingerprint density at radius 1 is 1.06 bits per heavy atom. The first kappa shape index (κ1) is 22.1. The first-order valence-corrected chi connectivity index (χ1v) is 11.5. The zero-order valence-electron chi connectivity index (χ0n) is 18.7. The number of unbranched alkanes of at least 4 members (excludes halogenated alkanes) is 1. The Morgan fingerprint density at radius 3 is 2.56 bits per heavy atom. The quantitative estimate of drug-likeness (QED) is 0.529. The van der Waals surface area contributed by atoms with Crippen molar-refractivity contribution in [3.8, 4) is 17.0 Å². The Bertz CT molecular complexity index is 977. The molecule has 1 aromatic heterocycles. The highest BCUT2D eigenvalue weighted by Crippen LogP contribution is 2.23. The van der Waals surface area contributed by atoms with Crippen LogP contribution in [0.25, 0.3) is 11.3 Å². The lowest BCUT2D eigenvalue weighted by Gasteiger charge is -2.29. The molecule has 0 radical (unpaired) electrons. The van der Waals surface area contributed by atoms with E-state index in [0.717, 1.165) is 62.2 Å². The molecule has 0 aliphatic carbocycles. The number of nitrogens with zero attached hydrogens (tertiary/aromatic N) is 3. The Kier molecular flexibility index (Phi) is 7.56. The van der Waals surface area contributed by atoms with Crippen molar-refractivity contribution in [1.82, 2.24) is 19.8 Å². The van der Waals surface area contributed by atoms with Crippen LogP contribution in [0.4, 0.5) is 4.79 Å². The van der Waals surface area contributed by atoms with Crippen LogP contribution in [0.15, 0.2) is 67.1 Å². The van der Waals surface area contributed by atoms with Crippen molar-refractivity contribution >= 4 is 6.03 Å². The van der Waals surface area contributed by atoms with Crippen molar-refractivity contribution in [2.45, 2.75) is 38.2 Å². The van der Waals surface area contributed by atoms with Crippen molar-refractivity contribution in [1.29, 1.82) is 0 Å². The van der Waals surface area contributed by atoms with Crippen LogP contribution in [0.2, 0.25) is 0 Å². The van der Waals surface area contributed by atoms with Crippen LogP contribution in [-0.4, -0.2) is 53.3 Å². The van der Waals surface area contributed by atoms with Crippen molar-refractivity contribution in [2.24, 2.45) is 0 Å². The number of imidazole rings is 1. The van der Waals surface area contributed by atoms with Gasteiger partial charge in [0.25, 0.3) is 0 Å². The molecule has 168 valence electrons. The normalized spacial score (nSPS) is 14.9. The molecule has 6 heteroatoms. The maximum absolute atomic E-state index is 12.4. The number of amides is 1. The number of hydrogen-bond donors (Lipinski definition) is 1. The molecule has 1 amide bonds. The average molecular weight is 433 g/mol. The van der Waals surface area contributed by atoms with Gasteiger partial charge in [-0.2, -0.15) is 0 Å². The van der Waals surface area contributed by atoms with Crippen molar-refractivity contribution < 1.29 is 9.53 Å². The van der Waals surface area contributed by atoms with E-state index >= 15 is 0 Å². The minimum atomic E-state index is -0.148. The standard InChI is InChI=1S/C26H32N4O2/c1-29-17-14-24(15-18-29)32-23-12-10-22(11-13-23)25-19-30(20-28-25)26(31)27-16-6-5-9-21-7-3-2-4-8-21/h2-4,7-8,10-13,19-20,24H,5-6,9,14-18H2,1H3,(H,27,31). The van der Waals surface area contributed by atoms with Gasteiger partial charge in [0, 0.05) is 31.4 Å². The molecule has 0 saturated carbocycles. The molecule has 2 aromatic carbocycles. The van der Waals surface area contributed by atoms with Gasteiger partial charge in [-0.15, -0.1) is 0 Å². The molecule has 2 heterocycles. The van der Waals surface area contributed by atoms with Crippen LogP contribution in [-0.2, 0) is 6.42 Å². The third-order valence-electron chi connectivity index (χ3n) is 5.95. The van der Waals surface area contributed by atoms with E-state index in [-0.39, 0.29) is 12.1 Å². The van der Waals surface area contributed by atoms with Crippen LogP contribution in [0.3, 0.4) is 0 Å². The smallest absolute Gasteiger partial charge is 0.326 e. The van der Waals surface area contributed by atoms with Gasteiger partial charge in [0.15, 0.2) is 0 Å². The first-order chi connectivity index (χ1) is 15.7. The lowest BCUT2D eigenvalue weighted by atomic mass is 10.1. The number of carbonyl (C=O) groups is 1. The van der Waals surface area contributed by atoms with E-state index in [2.05, 4.69) is 46.5 Å². The SMILES string of the molecule is CN1CCC(Oc2ccc(-c3cn(C(=O)NCCCCc4ccccc4)cn3)cc2)CC1. The van der Waals surface area contributed by atoms with Gasteiger partial charge in [-0.3, -0.25) is 4.57 Å². The topological polar surface area (TPSA) is 59.4 Å². The molecule has 4 rings (SSSR count). The monoisotopic (exact) mass is 432 g/mol. The number of benzene rings is 2. The second-order valence-electron chi connectivity index (χ2n) is 8.49. The van der Waals surface area contributed by atoms with Gasteiger partial charge in [0.1, 0.15) is 18.2 Å². The van der Waals surface area contributed by atoms with Crippen LogP contribution in [0, 0.1) is 0 Å². The maximum Gasteiger partial charge on any atom is 0.326 e. The second-order valence-corrected chi connectivity index (χ2v) is 8.49. The number of ether oxygens (including phenoxy) is 1. The van der Waals surface area contributed by atoms with Gasteiger partial charge in [0.2, 0.25) is 0 Å². The van der Waals surface area contributed by atoms with Gasteiger partial charge in [0.05, 0.1) is 5.69 Å². The van der Waals surface area contributed by atoms with Crippen molar-refractivity contribution in [2.75, 3.05) is 26.7 Å². The molecule has 1 fully saturated rings. The molecule has 0 unspecified atom stereocenters. The highest BCUT2D eigenvalue weighted by molar-refractivity contribution is 5.77. The van der Waals surface area contributed by atoms with E-state index in [4.69, 9.17) is 4.74 Å². The van der Waals surface area contributed by atoms with E-state index in [1.54, 1.807) is 12.5 Å². The summed E-state index contributed by atoms with van der Waals surface area (Å²) in [6.07, 6.45) is 8.76. The van der Waals surface area contributed by atoms with Gasteiger partial charge >= 0.3 is 6.03 Å². The van der Waals surface area contributed by atoms with E-state index in [1.807, 2.05) is 30.3 Å². The van der Waals surface area contributed by atoms with Gasteiger partial charge in [-0.25, -0.2) is 9.78 Å². The molecule has 0 atom stereocenters. The van der Waals surface area contributed by atoms with Crippen molar-refractivity contribution in [3.05, 3.63) is 72.7 Å². The fraction of sp³-hybridized carbons (Fsp3) is 0.385. The van der Waals surface area contributed by atoms with Gasteiger partial charge in [-0.1, -0.05) is 30.3 Å². The molecular weight excluding hydrogens is 400 g/mol. The molecule has 32 heavy (non-hydrogen) atoms. The summed E-state index contributed by atoms with van der Waals surface area (Å²) >= 11 is 0. The van der Waals surface area contributed by atoms with E-state index in [0.29, 0.717) is 6.54 Å². The predicted molar refractivity (Wildman–Crippen MR) is 127 cm³/mol. The molecule has 1 N–H and O–H groups in total. The summed E-state index contributed by atoms with van der Waals surface area (Å²) in [7, 11) is 2.15. The van der Waals surface area contributed by atoms with Crippen LogP contribution >= 0.6 is 0 Å². The van der Waals surface area contributed by atoms with Crippen LogP contribution in [0.5, 0.6) is 5.75 Å². The zero-order chi connectivity index (χ0) is 22.2. The number of carbonyl (C=O) groups excluding carboxylic acids is 1. The van der Waals surface area contributed by atoms with Crippen molar-refractivity contribution in [3.63, 3.8) is 0 Å². The number of nitrogens with one attached hydrogen (secondary N) is 1. The summed E-state index contributed by atoms with van der Waals surface area (Å²) < 4.78 is 7.62. The molecule has 1 aliphatic heterocycles. The summed E-state index contributed by atoms with van der Waals surface area (Å²) in [4.78, 5) is 19.1. The molecule has 0 spiro atoms. The highest BCUT2D eigenvalue weighted by Gasteiger charge is 2.18. The molecular formula is C26H32N4O2. The molecule has 0 bridgehead atoms. The Labute approximate surface area is 190 Å². The number of rotatable bonds is 8. The third kappa shape index (κ3) is 6.20. The molecule has 1 aliphatic rings. The Balaban J connectivity index is 1.22. The number of aryl methyl sites for hydroxylation is 1. The summed E-state index contributed by atoms with van der Waals surface area (Å²) in [6.45, 7) is 2.81. The second kappa shape index (κ2) is 11.0. The fourth-order valence-corrected chi connectivity index (χ4v) is 3.97. The zero-order valence-corrected chi connectivity index (χ0v) is 18.7. The summed E-state index contributed by atoms with van der Waals surface area (Å²) in [5.74, 6) is 0.885. The number of aromatic nitrogens is 2.